The minimum atomic E-state index is -0.903. The van der Waals surface area contributed by atoms with E-state index in [-0.39, 0.29) is 6.04 Å². The largest absolute Gasteiger partial charge is 0.478 e. The Morgan fingerprint density at radius 1 is 1.19 bits per heavy atom. The fourth-order valence-corrected chi connectivity index (χ4v) is 3.01. The first-order valence-corrected chi connectivity index (χ1v) is 7.28. The lowest BCUT2D eigenvalue weighted by Gasteiger charge is -2.16. The van der Waals surface area contributed by atoms with Crippen LogP contribution >= 0.6 is 11.6 Å². The number of halogens is 1. The Hall–Kier alpha value is -2.00. The van der Waals surface area contributed by atoms with Crippen molar-refractivity contribution in [2.45, 2.75) is 25.8 Å². The Labute approximate surface area is 128 Å². The summed E-state index contributed by atoms with van der Waals surface area (Å²) in [6.45, 7) is 1.98. The summed E-state index contributed by atoms with van der Waals surface area (Å²) in [6, 6.07) is 11.4. The van der Waals surface area contributed by atoms with E-state index >= 15 is 0 Å². The number of aromatic carboxylic acids is 1. The van der Waals surface area contributed by atoms with Crippen LogP contribution in [0.1, 0.15) is 27.0 Å². The number of carboxylic acid groups (broad SMARTS) is 1. The van der Waals surface area contributed by atoms with Crippen LogP contribution in [0.4, 0.5) is 5.69 Å². The minimum Gasteiger partial charge on any atom is -0.478 e. The zero-order chi connectivity index (χ0) is 15.0. The van der Waals surface area contributed by atoms with Gasteiger partial charge in [0, 0.05) is 16.8 Å². The van der Waals surface area contributed by atoms with Crippen molar-refractivity contribution in [1.82, 2.24) is 0 Å². The van der Waals surface area contributed by atoms with Gasteiger partial charge in [-0.1, -0.05) is 23.7 Å². The summed E-state index contributed by atoms with van der Waals surface area (Å²) in [5.41, 5.74) is 4.82. The molecule has 1 aliphatic carbocycles. The molecule has 0 fully saturated rings. The highest BCUT2D eigenvalue weighted by molar-refractivity contribution is 6.30. The molecule has 1 atom stereocenters. The summed E-state index contributed by atoms with van der Waals surface area (Å²) in [5.74, 6) is -0.903. The van der Waals surface area contributed by atoms with E-state index in [2.05, 4.69) is 11.4 Å². The van der Waals surface area contributed by atoms with Crippen LogP contribution in [0.3, 0.4) is 0 Å². The quantitative estimate of drug-likeness (QED) is 0.903. The SMILES string of the molecule is Cc1ccc(C(=O)O)cc1NC1Cc2ccc(Cl)cc2C1. The third kappa shape index (κ3) is 2.88. The van der Waals surface area contributed by atoms with Crippen LogP contribution in [-0.2, 0) is 12.8 Å². The Morgan fingerprint density at radius 2 is 1.95 bits per heavy atom. The van der Waals surface area contributed by atoms with Crippen molar-refractivity contribution in [3.05, 3.63) is 63.7 Å². The molecule has 3 rings (SSSR count). The fourth-order valence-electron chi connectivity index (χ4n) is 2.82. The van der Waals surface area contributed by atoms with Crippen LogP contribution in [0.2, 0.25) is 5.02 Å². The van der Waals surface area contributed by atoms with Crippen molar-refractivity contribution in [3.63, 3.8) is 0 Å². The van der Waals surface area contributed by atoms with Crippen LogP contribution in [0, 0.1) is 6.92 Å². The van der Waals surface area contributed by atoms with Gasteiger partial charge in [0.2, 0.25) is 0 Å². The molecule has 0 heterocycles. The molecule has 2 aromatic carbocycles. The van der Waals surface area contributed by atoms with Gasteiger partial charge in [0.05, 0.1) is 5.56 Å². The number of carbonyl (C=O) groups is 1. The molecule has 0 saturated carbocycles. The zero-order valence-corrected chi connectivity index (χ0v) is 12.4. The van der Waals surface area contributed by atoms with Crippen LogP contribution in [0.15, 0.2) is 36.4 Å². The summed E-state index contributed by atoms with van der Waals surface area (Å²) >= 11 is 6.03. The maximum absolute atomic E-state index is 11.1. The van der Waals surface area contributed by atoms with Crippen LogP contribution in [-0.4, -0.2) is 17.1 Å². The highest BCUT2D eigenvalue weighted by Gasteiger charge is 2.22. The number of fused-ring (bicyclic) bond motifs is 1. The van der Waals surface area contributed by atoms with E-state index in [4.69, 9.17) is 16.7 Å². The van der Waals surface area contributed by atoms with Crippen molar-refractivity contribution in [2.24, 2.45) is 0 Å². The Morgan fingerprint density at radius 3 is 2.71 bits per heavy atom. The van der Waals surface area contributed by atoms with Gasteiger partial charge in [-0.2, -0.15) is 0 Å². The van der Waals surface area contributed by atoms with Gasteiger partial charge in [0.1, 0.15) is 0 Å². The lowest BCUT2D eigenvalue weighted by molar-refractivity contribution is 0.0697. The maximum atomic E-state index is 11.1. The van der Waals surface area contributed by atoms with E-state index in [0.717, 1.165) is 29.1 Å². The number of rotatable bonds is 3. The molecule has 0 amide bonds. The monoisotopic (exact) mass is 301 g/mol. The molecule has 0 spiro atoms. The number of nitrogens with one attached hydrogen (secondary N) is 1. The predicted octanol–water partition coefficient (Wildman–Crippen LogP) is 3.93. The van der Waals surface area contributed by atoms with Crippen molar-refractivity contribution >= 4 is 23.3 Å². The number of hydrogen-bond acceptors (Lipinski definition) is 2. The molecule has 2 N–H and O–H groups in total. The molecule has 0 aliphatic heterocycles. The average molecular weight is 302 g/mol. The summed E-state index contributed by atoms with van der Waals surface area (Å²) < 4.78 is 0. The van der Waals surface area contributed by atoms with E-state index in [9.17, 15) is 4.79 Å². The van der Waals surface area contributed by atoms with Crippen molar-refractivity contribution < 1.29 is 9.90 Å². The highest BCUT2D eigenvalue weighted by atomic mass is 35.5. The lowest BCUT2D eigenvalue weighted by atomic mass is 10.1. The van der Waals surface area contributed by atoms with Gasteiger partial charge in [0.15, 0.2) is 0 Å². The molecule has 1 unspecified atom stereocenters. The van der Waals surface area contributed by atoms with Crippen molar-refractivity contribution in [1.29, 1.82) is 0 Å². The van der Waals surface area contributed by atoms with Gasteiger partial charge in [-0.3, -0.25) is 0 Å². The first-order chi connectivity index (χ1) is 10.0. The van der Waals surface area contributed by atoms with Gasteiger partial charge >= 0.3 is 5.97 Å². The number of aryl methyl sites for hydroxylation is 1. The Bertz CT molecular complexity index is 712. The van der Waals surface area contributed by atoms with E-state index in [0.29, 0.717) is 5.56 Å². The molecule has 0 aromatic heterocycles. The average Bonchev–Trinajstić information content (AvgIpc) is 2.82. The highest BCUT2D eigenvalue weighted by Crippen LogP contribution is 2.28. The molecule has 4 heteroatoms. The number of anilines is 1. The van der Waals surface area contributed by atoms with Gasteiger partial charge in [-0.05, 0) is 60.7 Å². The smallest absolute Gasteiger partial charge is 0.335 e. The van der Waals surface area contributed by atoms with E-state index in [1.807, 2.05) is 25.1 Å². The molecule has 3 nitrogen and oxygen atoms in total. The van der Waals surface area contributed by atoms with Crippen molar-refractivity contribution in [3.8, 4) is 0 Å². The molecule has 1 aliphatic rings. The molecule has 0 saturated heterocycles. The lowest BCUT2D eigenvalue weighted by Crippen LogP contribution is -2.20. The van der Waals surface area contributed by atoms with Crippen molar-refractivity contribution in [2.75, 3.05) is 5.32 Å². The second-order valence-corrected chi connectivity index (χ2v) is 5.93. The number of benzene rings is 2. The molecular formula is C17H16ClNO2. The molecule has 108 valence electrons. The normalized spacial score (nSPS) is 16.6. The molecular weight excluding hydrogens is 286 g/mol. The summed E-state index contributed by atoms with van der Waals surface area (Å²) in [4.78, 5) is 11.1. The van der Waals surface area contributed by atoms with E-state index < -0.39 is 5.97 Å². The first-order valence-electron chi connectivity index (χ1n) is 6.91. The Balaban J connectivity index is 1.80. The summed E-state index contributed by atoms with van der Waals surface area (Å²) in [5, 5.41) is 13.3. The maximum Gasteiger partial charge on any atom is 0.335 e. The second kappa shape index (κ2) is 5.41. The zero-order valence-electron chi connectivity index (χ0n) is 11.7. The van der Waals surface area contributed by atoms with Crippen LogP contribution in [0.25, 0.3) is 0 Å². The number of hydrogen-bond donors (Lipinski definition) is 2. The molecule has 0 bridgehead atoms. The van der Waals surface area contributed by atoms with Crippen LogP contribution in [0.5, 0.6) is 0 Å². The number of carboxylic acids is 1. The predicted molar refractivity (Wildman–Crippen MR) is 84.4 cm³/mol. The first kappa shape index (κ1) is 14.0. The van der Waals surface area contributed by atoms with Gasteiger partial charge in [-0.25, -0.2) is 4.79 Å². The minimum absolute atomic E-state index is 0.279. The Kier molecular flexibility index (Phi) is 3.60. The van der Waals surface area contributed by atoms with E-state index in [1.165, 1.54) is 11.1 Å². The van der Waals surface area contributed by atoms with E-state index in [1.54, 1.807) is 12.1 Å². The molecule has 2 aromatic rings. The fraction of sp³-hybridized carbons (Fsp3) is 0.235. The van der Waals surface area contributed by atoms with Gasteiger partial charge in [-0.15, -0.1) is 0 Å². The van der Waals surface area contributed by atoms with Crippen LogP contribution < -0.4 is 5.32 Å². The third-order valence-corrected chi connectivity index (χ3v) is 4.18. The summed E-state index contributed by atoms with van der Waals surface area (Å²) in [7, 11) is 0. The third-order valence-electron chi connectivity index (χ3n) is 3.95. The van der Waals surface area contributed by atoms with Gasteiger partial charge < -0.3 is 10.4 Å². The second-order valence-electron chi connectivity index (χ2n) is 5.50. The standard InChI is InChI=1S/C17H16ClNO2/c1-10-2-3-12(17(20)21)9-16(10)19-15-7-11-4-5-14(18)6-13(11)8-15/h2-6,9,15,19H,7-8H2,1H3,(H,20,21). The summed E-state index contributed by atoms with van der Waals surface area (Å²) in [6.07, 6.45) is 1.84. The molecule has 0 radical (unpaired) electrons. The molecule has 21 heavy (non-hydrogen) atoms. The topological polar surface area (TPSA) is 49.3 Å². The van der Waals surface area contributed by atoms with Gasteiger partial charge in [0.25, 0.3) is 0 Å².